The Morgan fingerprint density at radius 3 is 2.49 bits per heavy atom. The number of nitrogens with one attached hydrogen (secondary N) is 1. The van der Waals surface area contributed by atoms with Gasteiger partial charge in [-0.1, -0.05) is 24.6 Å². The van der Waals surface area contributed by atoms with Crippen LogP contribution in [-0.2, 0) is 24.8 Å². The summed E-state index contributed by atoms with van der Waals surface area (Å²) in [6.45, 7) is 5.70. The third kappa shape index (κ3) is 9.46. The second kappa shape index (κ2) is 16.1. The Bertz CT molecular complexity index is 1700. The van der Waals surface area contributed by atoms with Crippen molar-refractivity contribution in [3.63, 3.8) is 0 Å². The first-order valence-corrected chi connectivity index (χ1v) is 19.5. The van der Waals surface area contributed by atoms with Crippen LogP contribution < -0.4 is 9.46 Å². The summed E-state index contributed by atoms with van der Waals surface area (Å²) in [6.07, 6.45) is 1.30. The number of aliphatic hydroxyl groups is 1. The average molecular weight is 728 g/mol. The Labute approximate surface area is 286 Å². The predicted octanol–water partition coefficient (Wildman–Crippen LogP) is 5.32. The fourth-order valence-corrected chi connectivity index (χ4v) is 8.75. The fourth-order valence-electron chi connectivity index (χ4n) is 5.19. The molecule has 0 aliphatic carbocycles. The van der Waals surface area contributed by atoms with Crippen molar-refractivity contribution in [2.24, 2.45) is 5.92 Å². The number of hydrogen-bond donors (Lipinski definition) is 2. The molecule has 0 radical (unpaired) electrons. The van der Waals surface area contributed by atoms with Crippen LogP contribution in [0.1, 0.15) is 50.4 Å². The maximum atomic E-state index is 14.3. The first-order valence-electron chi connectivity index (χ1n) is 15.3. The van der Waals surface area contributed by atoms with Crippen molar-refractivity contribution in [2.45, 2.75) is 67.4 Å². The van der Waals surface area contributed by atoms with Gasteiger partial charge in [0.2, 0.25) is 0 Å². The van der Waals surface area contributed by atoms with E-state index in [-0.39, 0.29) is 57.8 Å². The van der Waals surface area contributed by atoms with E-state index in [2.05, 4.69) is 4.72 Å². The molecule has 0 saturated heterocycles. The molecule has 11 nitrogen and oxygen atoms in total. The monoisotopic (exact) mass is 727 g/mol. The zero-order valence-corrected chi connectivity index (χ0v) is 30.0. The van der Waals surface area contributed by atoms with Gasteiger partial charge in [0, 0.05) is 43.4 Å². The zero-order valence-electron chi connectivity index (χ0n) is 26.8. The molecule has 2 heterocycles. The predicted molar refractivity (Wildman–Crippen MR) is 183 cm³/mol. The van der Waals surface area contributed by atoms with Gasteiger partial charge in [-0.3, -0.25) is 9.52 Å². The molecule has 3 aromatic rings. The van der Waals surface area contributed by atoms with Gasteiger partial charge in [-0.2, -0.15) is 4.31 Å². The molecule has 4 atom stereocenters. The molecule has 0 saturated carbocycles. The lowest BCUT2D eigenvalue weighted by atomic mass is 10.0. The van der Waals surface area contributed by atoms with Crippen LogP contribution in [0.15, 0.2) is 69.1 Å². The van der Waals surface area contributed by atoms with Gasteiger partial charge in [0.15, 0.2) is 0 Å². The first kappa shape index (κ1) is 37.1. The Balaban J connectivity index is 1.68. The number of thiophene rings is 1. The van der Waals surface area contributed by atoms with Crippen molar-refractivity contribution >= 4 is 54.6 Å². The van der Waals surface area contributed by atoms with Crippen molar-refractivity contribution in [1.29, 1.82) is 0 Å². The summed E-state index contributed by atoms with van der Waals surface area (Å²) in [5.41, 5.74) is 0.267. The number of rotatable bonds is 9. The van der Waals surface area contributed by atoms with E-state index in [1.807, 2.05) is 13.8 Å². The highest BCUT2D eigenvalue weighted by molar-refractivity contribution is 7.92. The summed E-state index contributed by atoms with van der Waals surface area (Å²) >= 11 is 7.07. The molecule has 47 heavy (non-hydrogen) atoms. The molecular formula is C32H42ClN3O8S3. The van der Waals surface area contributed by atoms with Gasteiger partial charge >= 0.3 is 0 Å². The van der Waals surface area contributed by atoms with Crippen molar-refractivity contribution in [1.82, 2.24) is 9.21 Å². The number of halogens is 1. The summed E-state index contributed by atoms with van der Waals surface area (Å²) in [5.74, 6) is -0.554. The number of sulfonamides is 2. The van der Waals surface area contributed by atoms with Crippen molar-refractivity contribution < 1.29 is 36.2 Å². The van der Waals surface area contributed by atoms with Crippen LogP contribution in [0.2, 0.25) is 5.02 Å². The smallest absolute Gasteiger partial charge is 0.261 e. The molecule has 2 aromatic carbocycles. The van der Waals surface area contributed by atoms with Crippen LogP contribution in [0.25, 0.3) is 0 Å². The van der Waals surface area contributed by atoms with Crippen LogP contribution in [0.4, 0.5) is 5.69 Å². The molecule has 0 fully saturated rings. The number of aliphatic hydroxyl groups excluding tert-OH is 1. The Morgan fingerprint density at radius 1 is 1.11 bits per heavy atom. The first-order chi connectivity index (χ1) is 22.2. The molecule has 1 amide bonds. The lowest BCUT2D eigenvalue weighted by Gasteiger charge is -2.35. The summed E-state index contributed by atoms with van der Waals surface area (Å²) in [7, 11) is -6.24. The zero-order chi connectivity index (χ0) is 34.4. The van der Waals surface area contributed by atoms with Gasteiger partial charge in [-0.05, 0) is 87.0 Å². The molecule has 0 spiro atoms. The van der Waals surface area contributed by atoms with Crippen molar-refractivity contribution in [3.8, 4) is 5.75 Å². The number of ether oxygens (including phenoxy) is 2. The lowest BCUT2D eigenvalue weighted by molar-refractivity contribution is -0.00832. The third-order valence-electron chi connectivity index (χ3n) is 8.02. The minimum atomic E-state index is -4.01. The average Bonchev–Trinajstić information content (AvgIpc) is 3.59. The Kier molecular flexibility index (Phi) is 12.7. The van der Waals surface area contributed by atoms with E-state index in [1.165, 1.54) is 52.7 Å². The summed E-state index contributed by atoms with van der Waals surface area (Å²) in [6, 6.07) is 12.8. The molecule has 2 N–H and O–H groups in total. The van der Waals surface area contributed by atoms with E-state index < -0.39 is 38.1 Å². The highest BCUT2D eigenvalue weighted by atomic mass is 35.5. The number of carbonyl (C=O) groups is 1. The van der Waals surface area contributed by atoms with Gasteiger partial charge < -0.3 is 19.5 Å². The fraction of sp³-hybridized carbons (Fsp3) is 0.469. The molecule has 4 rings (SSSR count). The number of likely N-dealkylation sites (N-methyl/N-ethyl adjacent to an activating group) is 1. The number of amides is 1. The molecule has 0 bridgehead atoms. The van der Waals surface area contributed by atoms with E-state index in [4.69, 9.17) is 21.1 Å². The molecular weight excluding hydrogens is 686 g/mol. The molecule has 0 unspecified atom stereocenters. The van der Waals surface area contributed by atoms with Gasteiger partial charge in [0.1, 0.15) is 9.96 Å². The van der Waals surface area contributed by atoms with E-state index >= 15 is 0 Å². The van der Waals surface area contributed by atoms with Crippen LogP contribution in [0, 0.1) is 5.92 Å². The summed E-state index contributed by atoms with van der Waals surface area (Å²) in [5, 5.41) is 12.3. The number of benzene rings is 2. The topological polar surface area (TPSA) is 143 Å². The van der Waals surface area contributed by atoms with Gasteiger partial charge in [-0.15, -0.1) is 11.3 Å². The summed E-state index contributed by atoms with van der Waals surface area (Å²) < 4.78 is 69.3. The number of carbonyl (C=O) groups excluding carboxylic acids is 1. The highest BCUT2D eigenvalue weighted by Crippen LogP contribution is 2.30. The number of fused-ring (bicyclic) bond motifs is 1. The Morgan fingerprint density at radius 2 is 1.83 bits per heavy atom. The number of anilines is 1. The Hall–Kier alpha value is -2.72. The standard InChI is InChI=1S/C32H42ClN3O8S3/c1-22-19-36(23(2)21-37)32(38)28-18-26(34-46(39,40)27-13-10-25(33)11-14-27)12-15-29(28)44-24(3)8-5-6-16-43-30(22)20-35(4)47(41,42)31-9-7-17-45-31/h7,9-15,17-18,22-24,30,34,37H,5-6,8,16,19-21H2,1-4H3/t22-,23-,24+,30-/m0/s1. The van der Waals surface area contributed by atoms with E-state index in [9.17, 15) is 26.7 Å². The number of nitrogens with zero attached hydrogens (tertiary/aromatic N) is 2. The quantitative estimate of drug-likeness (QED) is 0.302. The second-order valence-electron chi connectivity index (χ2n) is 11.8. The van der Waals surface area contributed by atoms with Gasteiger partial charge in [0.05, 0.1) is 35.3 Å². The van der Waals surface area contributed by atoms with Crippen LogP contribution in [-0.4, -0.2) is 88.7 Å². The van der Waals surface area contributed by atoms with Crippen molar-refractivity contribution in [3.05, 3.63) is 70.6 Å². The maximum absolute atomic E-state index is 14.3. The van der Waals surface area contributed by atoms with Gasteiger partial charge in [-0.25, -0.2) is 16.8 Å². The normalized spacial score (nSPS) is 21.0. The SMILES string of the molecule is C[C@@H]1CCCCO[C@@H](CN(C)S(=O)(=O)c2cccs2)[C@@H](C)CN([C@@H](C)CO)C(=O)c2cc(NS(=O)(=O)c3ccc(Cl)cc3)ccc2O1. The van der Waals surface area contributed by atoms with E-state index in [1.54, 1.807) is 30.5 Å². The lowest BCUT2D eigenvalue weighted by Crippen LogP contribution is -2.48. The largest absolute Gasteiger partial charge is 0.490 e. The molecule has 1 aromatic heterocycles. The van der Waals surface area contributed by atoms with Crippen molar-refractivity contribution in [2.75, 3.05) is 38.1 Å². The maximum Gasteiger partial charge on any atom is 0.261 e. The molecule has 1 aliphatic heterocycles. The number of hydrogen-bond acceptors (Lipinski definition) is 9. The van der Waals surface area contributed by atoms with E-state index in [0.717, 1.165) is 17.8 Å². The minimum Gasteiger partial charge on any atom is -0.490 e. The second-order valence-corrected chi connectivity index (χ2v) is 17.1. The summed E-state index contributed by atoms with van der Waals surface area (Å²) in [4.78, 5) is 15.8. The van der Waals surface area contributed by atoms with Crippen LogP contribution in [0.5, 0.6) is 5.75 Å². The van der Waals surface area contributed by atoms with Gasteiger partial charge in [0.25, 0.3) is 26.0 Å². The van der Waals surface area contributed by atoms with Crippen LogP contribution in [0.3, 0.4) is 0 Å². The highest BCUT2D eigenvalue weighted by Gasteiger charge is 2.33. The van der Waals surface area contributed by atoms with E-state index in [0.29, 0.717) is 24.5 Å². The third-order valence-corrected chi connectivity index (χ3v) is 12.9. The minimum absolute atomic E-state index is 0.000335. The molecule has 1 aliphatic rings. The van der Waals surface area contributed by atoms with Crippen LogP contribution >= 0.6 is 22.9 Å². The molecule has 258 valence electrons. The molecule has 15 heteroatoms.